The molecule has 1 aliphatic rings. The monoisotopic (exact) mass is 234 g/mol. The molecule has 0 amide bonds. The fourth-order valence-corrected chi connectivity index (χ4v) is 2.17. The minimum absolute atomic E-state index is 0.233. The Bertz CT molecular complexity index is 390. The van der Waals surface area contributed by atoms with Crippen molar-refractivity contribution in [2.75, 3.05) is 23.7 Å². The smallest absolute Gasteiger partial charge is 0.145 e. The Kier molecular flexibility index (Phi) is 3.46. The summed E-state index contributed by atoms with van der Waals surface area (Å²) in [6, 6.07) is 5.94. The first kappa shape index (κ1) is 12.1. The molecule has 3 nitrogen and oxygen atoms in total. The van der Waals surface area contributed by atoms with Gasteiger partial charge in [-0.25, -0.2) is 0 Å². The van der Waals surface area contributed by atoms with E-state index in [4.69, 9.17) is 10.5 Å². The van der Waals surface area contributed by atoms with E-state index in [-0.39, 0.29) is 6.10 Å². The van der Waals surface area contributed by atoms with Crippen molar-refractivity contribution in [1.82, 2.24) is 0 Å². The second-order valence-electron chi connectivity index (χ2n) is 5.28. The third-order valence-electron chi connectivity index (χ3n) is 3.11. The zero-order valence-electron chi connectivity index (χ0n) is 10.9. The van der Waals surface area contributed by atoms with Crippen molar-refractivity contribution >= 4 is 11.4 Å². The number of hydrogen-bond donors (Lipinski definition) is 1. The molecular formula is C14H22N2O. The number of ether oxygens (including phenoxy) is 1. The van der Waals surface area contributed by atoms with E-state index in [1.54, 1.807) is 0 Å². The average molecular weight is 234 g/mol. The van der Waals surface area contributed by atoms with Gasteiger partial charge in [0.1, 0.15) is 11.9 Å². The molecule has 0 spiro atoms. The highest BCUT2D eigenvalue weighted by molar-refractivity contribution is 5.65. The summed E-state index contributed by atoms with van der Waals surface area (Å²) < 4.78 is 5.83. The number of fused-ring (bicyclic) bond motifs is 1. The van der Waals surface area contributed by atoms with Crippen LogP contribution in [0.4, 0.5) is 11.4 Å². The van der Waals surface area contributed by atoms with Crippen LogP contribution in [0.5, 0.6) is 5.75 Å². The molecule has 2 N–H and O–H groups in total. The van der Waals surface area contributed by atoms with Crippen LogP contribution < -0.4 is 15.4 Å². The highest BCUT2D eigenvalue weighted by Gasteiger charge is 2.22. The summed E-state index contributed by atoms with van der Waals surface area (Å²) >= 11 is 0. The Balaban J connectivity index is 2.19. The maximum atomic E-state index is 5.83. The summed E-state index contributed by atoms with van der Waals surface area (Å²) in [6.07, 6.45) is 1.44. The lowest BCUT2D eigenvalue weighted by Crippen LogP contribution is -2.39. The highest BCUT2D eigenvalue weighted by atomic mass is 16.5. The summed E-state index contributed by atoms with van der Waals surface area (Å²) in [5.74, 6) is 1.65. The number of nitrogens with two attached hydrogens (primary N) is 1. The minimum Gasteiger partial charge on any atom is -0.487 e. The van der Waals surface area contributed by atoms with E-state index in [2.05, 4.69) is 31.7 Å². The van der Waals surface area contributed by atoms with Crippen LogP contribution in [0.2, 0.25) is 0 Å². The Labute approximate surface area is 104 Å². The number of hydrogen-bond acceptors (Lipinski definition) is 3. The van der Waals surface area contributed by atoms with Crippen LogP contribution in [0, 0.1) is 5.92 Å². The van der Waals surface area contributed by atoms with Gasteiger partial charge in [-0.2, -0.15) is 0 Å². The van der Waals surface area contributed by atoms with E-state index in [1.165, 1.54) is 12.1 Å². The Morgan fingerprint density at radius 2 is 2.24 bits per heavy atom. The van der Waals surface area contributed by atoms with Crippen molar-refractivity contribution in [1.29, 1.82) is 0 Å². The average Bonchev–Trinajstić information content (AvgIpc) is 2.24. The zero-order chi connectivity index (χ0) is 12.4. The van der Waals surface area contributed by atoms with Crippen molar-refractivity contribution in [2.24, 2.45) is 5.92 Å². The van der Waals surface area contributed by atoms with E-state index in [0.717, 1.165) is 30.4 Å². The van der Waals surface area contributed by atoms with E-state index < -0.39 is 0 Å². The maximum Gasteiger partial charge on any atom is 0.145 e. The zero-order valence-corrected chi connectivity index (χ0v) is 10.9. The SMILES string of the molecule is CC(C)CCN1CC(C)Oc2cc(N)ccc21. The Morgan fingerprint density at radius 3 is 2.94 bits per heavy atom. The summed E-state index contributed by atoms with van der Waals surface area (Å²) in [5, 5.41) is 0. The molecule has 1 unspecified atom stereocenters. The number of nitrogens with zero attached hydrogens (tertiary/aromatic N) is 1. The third-order valence-corrected chi connectivity index (χ3v) is 3.11. The van der Waals surface area contributed by atoms with E-state index in [9.17, 15) is 0 Å². The number of benzene rings is 1. The molecule has 0 radical (unpaired) electrons. The van der Waals surface area contributed by atoms with Gasteiger partial charge in [0.25, 0.3) is 0 Å². The van der Waals surface area contributed by atoms with Crippen LogP contribution in [0.25, 0.3) is 0 Å². The van der Waals surface area contributed by atoms with Crippen molar-refractivity contribution in [3.05, 3.63) is 18.2 Å². The summed E-state index contributed by atoms with van der Waals surface area (Å²) in [7, 11) is 0. The fraction of sp³-hybridized carbons (Fsp3) is 0.571. The Hall–Kier alpha value is -1.38. The molecular weight excluding hydrogens is 212 g/mol. The van der Waals surface area contributed by atoms with Crippen LogP contribution in [0.1, 0.15) is 27.2 Å². The molecule has 17 heavy (non-hydrogen) atoms. The fourth-order valence-electron chi connectivity index (χ4n) is 2.17. The minimum atomic E-state index is 0.233. The standard InChI is InChI=1S/C14H22N2O/c1-10(2)6-7-16-9-11(3)17-14-8-12(15)4-5-13(14)16/h4-5,8,10-11H,6-7,9,15H2,1-3H3. The molecule has 0 saturated carbocycles. The molecule has 0 saturated heterocycles. The van der Waals surface area contributed by atoms with E-state index in [1.807, 2.05) is 12.1 Å². The highest BCUT2D eigenvalue weighted by Crippen LogP contribution is 2.35. The van der Waals surface area contributed by atoms with Gasteiger partial charge in [-0.1, -0.05) is 13.8 Å². The number of anilines is 2. The molecule has 1 aromatic carbocycles. The van der Waals surface area contributed by atoms with Crippen LogP contribution in [0.3, 0.4) is 0 Å². The van der Waals surface area contributed by atoms with Gasteiger partial charge in [0.2, 0.25) is 0 Å². The predicted octanol–water partition coefficient (Wildman–Crippen LogP) is 2.90. The molecule has 94 valence electrons. The first-order valence-electron chi connectivity index (χ1n) is 6.37. The second-order valence-corrected chi connectivity index (χ2v) is 5.28. The van der Waals surface area contributed by atoms with Gasteiger partial charge >= 0.3 is 0 Å². The van der Waals surface area contributed by atoms with Crippen LogP contribution in [-0.2, 0) is 0 Å². The molecule has 0 aliphatic carbocycles. The van der Waals surface area contributed by atoms with Gasteiger partial charge in [-0.05, 0) is 31.4 Å². The van der Waals surface area contributed by atoms with Gasteiger partial charge in [0, 0.05) is 18.3 Å². The lowest BCUT2D eigenvalue weighted by Gasteiger charge is -2.35. The first-order chi connectivity index (χ1) is 8.06. The molecule has 3 heteroatoms. The van der Waals surface area contributed by atoms with Crippen LogP contribution >= 0.6 is 0 Å². The summed E-state index contributed by atoms with van der Waals surface area (Å²) in [4.78, 5) is 2.41. The second kappa shape index (κ2) is 4.86. The lowest BCUT2D eigenvalue weighted by molar-refractivity contribution is 0.212. The summed E-state index contributed by atoms with van der Waals surface area (Å²) in [5.41, 5.74) is 7.74. The Morgan fingerprint density at radius 1 is 1.47 bits per heavy atom. The van der Waals surface area contributed by atoms with Gasteiger partial charge in [0.15, 0.2) is 0 Å². The van der Waals surface area contributed by atoms with Crippen LogP contribution in [-0.4, -0.2) is 19.2 Å². The van der Waals surface area contributed by atoms with Gasteiger partial charge in [0.05, 0.1) is 12.2 Å². The molecule has 1 heterocycles. The van der Waals surface area contributed by atoms with Crippen molar-refractivity contribution < 1.29 is 4.74 Å². The molecule has 1 aromatic rings. The van der Waals surface area contributed by atoms with Crippen molar-refractivity contribution in [3.8, 4) is 5.75 Å². The molecule has 0 bridgehead atoms. The predicted molar refractivity (Wildman–Crippen MR) is 72.6 cm³/mol. The first-order valence-corrected chi connectivity index (χ1v) is 6.37. The molecule has 0 fully saturated rings. The van der Waals surface area contributed by atoms with Crippen molar-refractivity contribution in [2.45, 2.75) is 33.3 Å². The quantitative estimate of drug-likeness (QED) is 0.817. The van der Waals surface area contributed by atoms with E-state index in [0.29, 0.717) is 0 Å². The van der Waals surface area contributed by atoms with E-state index >= 15 is 0 Å². The van der Waals surface area contributed by atoms with Gasteiger partial charge in [-0.3, -0.25) is 0 Å². The topological polar surface area (TPSA) is 38.5 Å². The van der Waals surface area contributed by atoms with Crippen molar-refractivity contribution in [3.63, 3.8) is 0 Å². The van der Waals surface area contributed by atoms with Crippen LogP contribution in [0.15, 0.2) is 18.2 Å². The largest absolute Gasteiger partial charge is 0.487 e. The number of nitrogen functional groups attached to an aromatic ring is 1. The summed E-state index contributed by atoms with van der Waals surface area (Å²) in [6.45, 7) is 8.67. The lowest BCUT2D eigenvalue weighted by atomic mass is 10.1. The van der Waals surface area contributed by atoms with Gasteiger partial charge < -0.3 is 15.4 Å². The molecule has 1 aliphatic heterocycles. The molecule has 1 atom stereocenters. The maximum absolute atomic E-state index is 5.83. The third kappa shape index (κ3) is 2.84. The molecule has 0 aromatic heterocycles. The van der Waals surface area contributed by atoms with Gasteiger partial charge in [-0.15, -0.1) is 0 Å². The normalized spacial score (nSPS) is 19.1. The number of rotatable bonds is 3. The molecule has 2 rings (SSSR count).